The number of nitrogens with zero attached hydrogens (tertiary/aromatic N) is 2. The lowest BCUT2D eigenvalue weighted by Crippen LogP contribution is -2.39. The maximum Gasteiger partial charge on any atom is 0.255 e. The summed E-state index contributed by atoms with van der Waals surface area (Å²) in [6, 6.07) is 16.7. The molecule has 3 rings (SSSR count). The number of rotatable bonds is 8. The number of amides is 1. The highest BCUT2D eigenvalue weighted by Gasteiger charge is 2.30. The van der Waals surface area contributed by atoms with Crippen LogP contribution in [0.1, 0.15) is 27.8 Å². The molecular weight excluding hydrogens is 474 g/mol. The number of phenolic OH excluding ortho intramolecular Hbond substituents is 1. The topological polar surface area (TPSA) is 99.1 Å². The van der Waals surface area contributed by atoms with Crippen LogP contribution in [0.25, 0.3) is 0 Å². The molecule has 9 heteroatoms. The van der Waals surface area contributed by atoms with Crippen LogP contribution in [0.5, 0.6) is 5.75 Å². The molecule has 0 spiro atoms. The van der Waals surface area contributed by atoms with Gasteiger partial charge in [0.25, 0.3) is 5.91 Å². The molecule has 0 bridgehead atoms. The van der Waals surface area contributed by atoms with Crippen LogP contribution in [-0.4, -0.2) is 36.5 Å². The van der Waals surface area contributed by atoms with E-state index in [0.717, 1.165) is 9.87 Å². The van der Waals surface area contributed by atoms with Crippen molar-refractivity contribution >= 4 is 33.7 Å². The molecule has 0 aliphatic rings. The first-order valence-electron chi connectivity index (χ1n) is 10.5. The summed E-state index contributed by atoms with van der Waals surface area (Å²) in [4.78, 5) is 12.8. The van der Waals surface area contributed by atoms with Crippen LogP contribution in [0.3, 0.4) is 0 Å². The fourth-order valence-corrected chi connectivity index (χ4v) is 5.58. The normalized spacial score (nSPS) is 11.8. The van der Waals surface area contributed by atoms with E-state index in [9.17, 15) is 18.3 Å². The molecule has 0 heterocycles. The van der Waals surface area contributed by atoms with Crippen LogP contribution in [0.15, 0.2) is 70.7 Å². The van der Waals surface area contributed by atoms with Crippen LogP contribution in [0, 0.1) is 20.8 Å². The number of benzene rings is 3. The Morgan fingerprint density at radius 3 is 2.21 bits per heavy atom. The fraction of sp³-hybridized carbons (Fsp3) is 0.200. The van der Waals surface area contributed by atoms with Crippen LogP contribution < -0.4 is 5.43 Å². The average Bonchev–Trinajstić information content (AvgIpc) is 2.75. The van der Waals surface area contributed by atoms with Gasteiger partial charge in [-0.05, 0) is 79.4 Å². The van der Waals surface area contributed by atoms with Crippen LogP contribution >= 0.6 is 11.6 Å². The SMILES string of the molecule is Cc1cc(C)c(S(=O)(=O)N(CC(=O)N/N=C/c2ccc(O)cc2)Cc2ccc(Cl)cc2)c(C)c1. The van der Waals surface area contributed by atoms with Crippen molar-refractivity contribution in [2.24, 2.45) is 5.10 Å². The van der Waals surface area contributed by atoms with Gasteiger partial charge in [0.1, 0.15) is 5.75 Å². The van der Waals surface area contributed by atoms with Crippen molar-refractivity contribution in [1.29, 1.82) is 0 Å². The van der Waals surface area contributed by atoms with Crippen LogP contribution in [0.4, 0.5) is 0 Å². The molecule has 3 aromatic carbocycles. The van der Waals surface area contributed by atoms with E-state index in [-0.39, 0.29) is 17.2 Å². The lowest BCUT2D eigenvalue weighted by Gasteiger charge is -2.24. The second-order valence-electron chi connectivity index (χ2n) is 8.01. The Hall–Kier alpha value is -3.20. The number of hydrogen-bond acceptors (Lipinski definition) is 5. The number of hydrazone groups is 1. The molecule has 178 valence electrons. The minimum absolute atomic E-state index is 0.0125. The summed E-state index contributed by atoms with van der Waals surface area (Å²) in [5.74, 6) is -0.471. The molecule has 2 N–H and O–H groups in total. The lowest BCUT2D eigenvalue weighted by atomic mass is 10.1. The predicted octanol–water partition coefficient (Wildman–Crippen LogP) is 4.31. The van der Waals surface area contributed by atoms with E-state index in [2.05, 4.69) is 10.5 Å². The molecule has 7 nitrogen and oxygen atoms in total. The Morgan fingerprint density at radius 2 is 1.62 bits per heavy atom. The Balaban J connectivity index is 1.86. The molecule has 0 aromatic heterocycles. The number of nitrogens with one attached hydrogen (secondary N) is 1. The molecule has 34 heavy (non-hydrogen) atoms. The van der Waals surface area contributed by atoms with E-state index in [0.29, 0.717) is 27.3 Å². The van der Waals surface area contributed by atoms with Gasteiger partial charge in [-0.2, -0.15) is 9.41 Å². The monoisotopic (exact) mass is 499 g/mol. The van der Waals surface area contributed by atoms with Gasteiger partial charge in [-0.1, -0.05) is 41.4 Å². The molecule has 0 aliphatic heterocycles. The van der Waals surface area contributed by atoms with Crippen molar-refractivity contribution in [3.8, 4) is 5.75 Å². The molecule has 0 radical (unpaired) electrons. The van der Waals surface area contributed by atoms with Crippen LogP contribution in [0.2, 0.25) is 5.02 Å². The van der Waals surface area contributed by atoms with Gasteiger partial charge in [-0.25, -0.2) is 13.8 Å². The number of sulfonamides is 1. The van der Waals surface area contributed by atoms with Gasteiger partial charge in [-0.15, -0.1) is 0 Å². The largest absolute Gasteiger partial charge is 0.508 e. The van der Waals surface area contributed by atoms with Gasteiger partial charge in [0, 0.05) is 11.6 Å². The second-order valence-corrected chi connectivity index (χ2v) is 10.3. The first-order chi connectivity index (χ1) is 16.1. The Bertz CT molecular complexity index is 1280. The molecule has 0 fully saturated rings. The van der Waals surface area contributed by atoms with Gasteiger partial charge in [0.05, 0.1) is 17.7 Å². The number of aryl methyl sites for hydroxylation is 3. The summed E-state index contributed by atoms with van der Waals surface area (Å²) in [6.07, 6.45) is 1.41. The molecule has 0 saturated heterocycles. The van der Waals surface area contributed by atoms with Crippen molar-refractivity contribution in [3.05, 3.63) is 93.5 Å². The highest BCUT2D eigenvalue weighted by molar-refractivity contribution is 7.89. The molecule has 0 unspecified atom stereocenters. The van der Waals surface area contributed by atoms with Crippen molar-refractivity contribution in [1.82, 2.24) is 9.73 Å². The number of halogens is 1. The van der Waals surface area contributed by atoms with E-state index in [1.165, 1.54) is 18.3 Å². The highest BCUT2D eigenvalue weighted by Crippen LogP contribution is 2.26. The van der Waals surface area contributed by atoms with Crippen molar-refractivity contribution in [2.75, 3.05) is 6.54 Å². The van der Waals surface area contributed by atoms with Crippen molar-refractivity contribution in [3.63, 3.8) is 0 Å². The Kier molecular flexibility index (Phi) is 8.09. The van der Waals surface area contributed by atoms with Crippen molar-refractivity contribution < 1.29 is 18.3 Å². The third kappa shape index (κ3) is 6.44. The number of phenols is 1. The Morgan fingerprint density at radius 1 is 1.03 bits per heavy atom. The zero-order valence-electron chi connectivity index (χ0n) is 19.1. The number of hydrogen-bond donors (Lipinski definition) is 2. The van der Waals surface area contributed by atoms with E-state index in [1.54, 1.807) is 50.2 Å². The minimum Gasteiger partial charge on any atom is -0.508 e. The predicted molar refractivity (Wildman–Crippen MR) is 134 cm³/mol. The van der Waals surface area contributed by atoms with Crippen LogP contribution in [-0.2, 0) is 21.4 Å². The third-order valence-electron chi connectivity index (χ3n) is 5.09. The summed E-state index contributed by atoms with van der Waals surface area (Å²) in [7, 11) is -4.00. The van der Waals surface area contributed by atoms with E-state index >= 15 is 0 Å². The van der Waals surface area contributed by atoms with Gasteiger partial charge in [0.2, 0.25) is 10.0 Å². The Labute approximate surface area is 204 Å². The van der Waals surface area contributed by atoms with E-state index in [1.807, 2.05) is 19.1 Å². The van der Waals surface area contributed by atoms with E-state index < -0.39 is 22.5 Å². The first-order valence-corrected chi connectivity index (χ1v) is 12.3. The number of aromatic hydroxyl groups is 1. The molecule has 0 saturated carbocycles. The molecular formula is C25H26ClN3O4S. The van der Waals surface area contributed by atoms with E-state index in [4.69, 9.17) is 11.6 Å². The lowest BCUT2D eigenvalue weighted by molar-refractivity contribution is -0.121. The quantitative estimate of drug-likeness (QED) is 0.356. The zero-order chi connectivity index (χ0) is 24.9. The minimum atomic E-state index is -4.00. The molecule has 0 atom stereocenters. The average molecular weight is 500 g/mol. The van der Waals surface area contributed by atoms with Gasteiger partial charge in [-0.3, -0.25) is 4.79 Å². The summed E-state index contributed by atoms with van der Waals surface area (Å²) in [5.41, 5.74) is 5.91. The number of carbonyl (C=O) groups is 1. The summed E-state index contributed by atoms with van der Waals surface area (Å²) >= 11 is 5.97. The summed E-state index contributed by atoms with van der Waals surface area (Å²) in [5, 5.41) is 13.8. The molecule has 3 aromatic rings. The highest BCUT2D eigenvalue weighted by atomic mass is 35.5. The second kappa shape index (κ2) is 10.8. The number of carbonyl (C=O) groups excluding carboxylic acids is 1. The molecule has 0 aliphatic carbocycles. The van der Waals surface area contributed by atoms with Gasteiger partial charge < -0.3 is 5.11 Å². The zero-order valence-corrected chi connectivity index (χ0v) is 20.7. The standard InChI is InChI=1S/C25H26ClN3O4S/c1-17-12-18(2)25(19(3)13-17)34(32,33)29(15-21-4-8-22(26)9-5-21)16-24(31)28-27-14-20-6-10-23(30)11-7-20/h4-14,30H,15-16H2,1-3H3,(H,28,31)/b27-14+. The first kappa shape index (κ1) is 25.4. The molecule has 1 amide bonds. The third-order valence-corrected chi connectivity index (χ3v) is 7.44. The van der Waals surface area contributed by atoms with Gasteiger partial charge >= 0.3 is 0 Å². The van der Waals surface area contributed by atoms with Gasteiger partial charge in [0.15, 0.2) is 0 Å². The summed E-state index contributed by atoms with van der Waals surface area (Å²) in [6.45, 7) is 4.96. The smallest absolute Gasteiger partial charge is 0.255 e. The van der Waals surface area contributed by atoms with Crippen molar-refractivity contribution in [2.45, 2.75) is 32.2 Å². The maximum atomic E-state index is 13.7. The fourth-order valence-electron chi connectivity index (χ4n) is 3.66. The maximum absolute atomic E-state index is 13.7. The summed E-state index contributed by atoms with van der Waals surface area (Å²) < 4.78 is 28.5.